The molecule has 0 unspecified atom stereocenters. The molecule has 1 heterocycles. The van der Waals surface area contributed by atoms with Crippen molar-refractivity contribution in [3.63, 3.8) is 0 Å². The van der Waals surface area contributed by atoms with E-state index in [2.05, 4.69) is 10.3 Å². The number of carbonyl (C=O) groups excluding carboxylic acids is 1. The molecule has 0 atom stereocenters. The van der Waals surface area contributed by atoms with Gasteiger partial charge in [0.1, 0.15) is 0 Å². The molecule has 1 amide bonds. The molecule has 2 aromatic rings. The van der Waals surface area contributed by atoms with Gasteiger partial charge in [0.2, 0.25) is 0 Å². The highest BCUT2D eigenvalue weighted by molar-refractivity contribution is 5.95. The van der Waals surface area contributed by atoms with E-state index < -0.39 is 0 Å². The third-order valence-electron chi connectivity index (χ3n) is 2.55. The maximum Gasteiger partial charge on any atom is 0.251 e. The number of benzene rings is 1. The van der Waals surface area contributed by atoms with Crippen LogP contribution in [0.1, 0.15) is 21.6 Å². The Morgan fingerprint density at radius 2 is 1.94 bits per heavy atom. The highest BCUT2D eigenvalue weighted by Gasteiger charge is 2.07. The molecule has 2 rings (SSSR count). The van der Waals surface area contributed by atoms with Gasteiger partial charge in [-0.25, -0.2) is 0 Å². The number of hydrogen-bond acceptors (Lipinski definition) is 2. The lowest BCUT2D eigenvalue weighted by atomic mass is 10.1. The Morgan fingerprint density at radius 1 is 1.18 bits per heavy atom. The van der Waals surface area contributed by atoms with Crippen molar-refractivity contribution in [3.8, 4) is 0 Å². The molecule has 3 heteroatoms. The molecule has 0 radical (unpaired) electrons. The number of hydrogen-bond donors (Lipinski definition) is 1. The second-order valence-corrected chi connectivity index (χ2v) is 3.82. The van der Waals surface area contributed by atoms with Crippen LogP contribution in [0, 0.1) is 6.92 Å². The summed E-state index contributed by atoms with van der Waals surface area (Å²) in [6.07, 6.45) is 1.72. The van der Waals surface area contributed by atoms with Crippen molar-refractivity contribution >= 4 is 5.91 Å². The van der Waals surface area contributed by atoms with Crippen LogP contribution in [0.15, 0.2) is 48.7 Å². The Balaban J connectivity index is 2.01. The van der Waals surface area contributed by atoms with E-state index in [0.29, 0.717) is 12.1 Å². The van der Waals surface area contributed by atoms with Crippen LogP contribution in [0.3, 0.4) is 0 Å². The van der Waals surface area contributed by atoms with Crippen molar-refractivity contribution < 1.29 is 4.79 Å². The molecule has 1 aromatic carbocycles. The number of rotatable bonds is 3. The van der Waals surface area contributed by atoms with Crippen molar-refractivity contribution in [2.45, 2.75) is 13.5 Å². The Labute approximate surface area is 101 Å². The maximum atomic E-state index is 11.9. The van der Waals surface area contributed by atoms with Crippen molar-refractivity contribution in [2.75, 3.05) is 0 Å². The first kappa shape index (κ1) is 11.3. The molecule has 1 N–H and O–H groups in total. The predicted octanol–water partition coefficient (Wildman–Crippen LogP) is 2.32. The van der Waals surface area contributed by atoms with E-state index in [1.807, 2.05) is 49.4 Å². The lowest BCUT2D eigenvalue weighted by molar-refractivity contribution is 0.0950. The fraction of sp³-hybridized carbons (Fsp3) is 0.143. The van der Waals surface area contributed by atoms with Gasteiger partial charge < -0.3 is 5.32 Å². The van der Waals surface area contributed by atoms with Gasteiger partial charge in [-0.15, -0.1) is 0 Å². The van der Waals surface area contributed by atoms with Crippen LogP contribution in [-0.2, 0) is 6.54 Å². The van der Waals surface area contributed by atoms with E-state index in [-0.39, 0.29) is 5.91 Å². The summed E-state index contributed by atoms with van der Waals surface area (Å²) in [5.41, 5.74) is 2.55. The van der Waals surface area contributed by atoms with Crippen molar-refractivity contribution in [2.24, 2.45) is 0 Å². The molecule has 0 bridgehead atoms. The number of pyridine rings is 1. The van der Waals surface area contributed by atoms with Crippen molar-refractivity contribution in [1.29, 1.82) is 0 Å². The molecule has 86 valence electrons. The molecule has 3 nitrogen and oxygen atoms in total. The first-order valence-corrected chi connectivity index (χ1v) is 5.51. The van der Waals surface area contributed by atoms with Gasteiger partial charge in [0.05, 0.1) is 12.2 Å². The number of aryl methyl sites for hydroxylation is 1. The van der Waals surface area contributed by atoms with Gasteiger partial charge in [-0.05, 0) is 30.7 Å². The number of nitrogens with zero attached hydrogens (tertiary/aromatic N) is 1. The third-order valence-corrected chi connectivity index (χ3v) is 2.55. The Morgan fingerprint density at radius 3 is 2.65 bits per heavy atom. The summed E-state index contributed by atoms with van der Waals surface area (Å²) in [4.78, 5) is 16.1. The maximum absolute atomic E-state index is 11.9. The van der Waals surface area contributed by atoms with E-state index >= 15 is 0 Å². The summed E-state index contributed by atoms with van der Waals surface area (Å²) in [6, 6.07) is 13.2. The van der Waals surface area contributed by atoms with Crippen molar-refractivity contribution in [1.82, 2.24) is 10.3 Å². The van der Waals surface area contributed by atoms with Gasteiger partial charge in [0, 0.05) is 11.8 Å². The smallest absolute Gasteiger partial charge is 0.251 e. The average Bonchev–Trinajstić information content (AvgIpc) is 2.38. The van der Waals surface area contributed by atoms with Gasteiger partial charge in [-0.1, -0.05) is 24.3 Å². The van der Waals surface area contributed by atoms with E-state index in [4.69, 9.17) is 0 Å². The predicted molar refractivity (Wildman–Crippen MR) is 66.6 cm³/mol. The topological polar surface area (TPSA) is 42.0 Å². The number of amides is 1. The van der Waals surface area contributed by atoms with Crippen LogP contribution in [0.4, 0.5) is 0 Å². The quantitative estimate of drug-likeness (QED) is 0.872. The van der Waals surface area contributed by atoms with Gasteiger partial charge in [0.25, 0.3) is 5.91 Å². The summed E-state index contributed by atoms with van der Waals surface area (Å²) < 4.78 is 0. The van der Waals surface area contributed by atoms with Gasteiger partial charge in [-0.3, -0.25) is 9.78 Å². The summed E-state index contributed by atoms with van der Waals surface area (Å²) in [5.74, 6) is -0.0613. The second-order valence-electron chi connectivity index (χ2n) is 3.82. The molecular formula is C14H14N2O. The third kappa shape index (κ3) is 2.91. The normalized spacial score (nSPS) is 9.94. The molecule has 0 aliphatic rings. The summed E-state index contributed by atoms with van der Waals surface area (Å²) in [5, 5.41) is 2.85. The van der Waals surface area contributed by atoms with Gasteiger partial charge >= 0.3 is 0 Å². The highest BCUT2D eigenvalue weighted by atomic mass is 16.1. The zero-order valence-corrected chi connectivity index (χ0v) is 9.68. The average molecular weight is 226 g/mol. The van der Waals surface area contributed by atoms with E-state index in [0.717, 1.165) is 11.3 Å². The summed E-state index contributed by atoms with van der Waals surface area (Å²) in [6.45, 7) is 2.38. The summed E-state index contributed by atoms with van der Waals surface area (Å²) >= 11 is 0. The number of aromatic nitrogens is 1. The fourth-order valence-corrected chi connectivity index (χ4v) is 1.60. The minimum absolute atomic E-state index is 0.0613. The van der Waals surface area contributed by atoms with Crippen LogP contribution >= 0.6 is 0 Å². The standard InChI is InChI=1S/C14H14N2O/c1-11-6-2-3-8-13(11)14(17)16-10-12-7-4-5-9-15-12/h2-9H,10H2,1H3,(H,16,17). The largest absolute Gasteiger partial charge is 0.346 e. The fourth-order valence-electron chi connectivity index (χ4n) is 1.60. The molecule has 0 aliphatic heterocycles. The molecular weight excluding hydrogens is 212 g/mol. The summed E-state index contributed by atoms with van der Waals surface area (Å²) in [7, 11) is 0. The molecule has 17 heavy (non-hydrogen) atoms. The zero-order chi connectivity index (χ0) is 12.1. The second kappa shape index (κ2) is 5.25. The van der Waals surface area contributed by atoms with E-state index in [9.17, 15) is 4.79 Å². The molecule has 0 aliphatic carbocycles. The van der Waals surface area contributed by atoms with Gasteiger partial charge in [-0.2, -0.15) is 0 Å². The van der Waals surface area contributed by atoms with Crippen molar-refractivity contribution in [3.05, 3.63) is 65.5 Å². The molecule has 0 saturated heterocycles. The first-order valence-electron chi connectivity index (χ1n) is 5.51. The number of nitrogens with one attached hydrogen (secondary N) is 1. The molecule has 0 fully saturated rings. The van der Waals surface area contributed by atoms with Crippen LogP contribution in [0.5, 0.6) is 0 Å². The SMILES string of the molecule is Cc1ccccc1C(=O)NCc1ccccn1. The van der Waals surface area contributed by atoms with Gasteiger partial charge in [0.15, 0.2) is 0 Å². The van der Waals surface area contributed by atoms with E-state index in [1.165, 1.54) is 0 Å². The monoisotopic (exact) mass is 226 g/mol. The molecule has 0 spiro atoms. The molecule has 0 saturated carbocycles. The van der Waals surface area contributed by atoms with Crippen LogP contribution in [0.2, 0.25) is 0 Å². The minimum Gasteiger partial charge on any atom is -0.346 e. The van der Waals surface area contributed by atoms with Crippen LogP contribution < -0.4 is 5.32 Å². The molecule has 1 aromatic heterocycles. The highest BCUT2D eigenvalue weighted by Crippen LogP contribution is 2.06. The van der Waals surface area contributed by atoms with Crippen LogP contribution in [0.25, 0.3) is 0 Å². The zero-order valence-electron chi connectivity index (χ0n) is 9.68. The van der Waals surface area contributed by atoms with E-state index in [1.54, 1.807) is 6.20 Å². The number of carbonyl (C=O) groups is 1. The lowest BCUT2D eigenvalue weighted by Gasteiger charge is -2.06. The Bertz CT molecular complexity index is 509. The Hall–Kier alpha value is -2.16. The Kier molecular flexibility index (Phi) is 3.50. The van der Waals surface area contributed by atoms with Crippen LogP contribution in [-0.4, -0.2) is 10.9 Å². The lowest BCUT2D eigenvalue weighted by Crippen LogP contribution is -2.23. The first-order chi connectivity index (χ1) is 8.27. The minimum atomic E-state index is -0.0613.